The fourth-order valence-electron chi connectivity index (χ4n) is 2.42. The smallest absolute Gasteiger partial charge is 0.252 e. The van der Waals surface area contributed by atoms with Gasteiger partial charge in [0.15, 0.2) is 0 Å². The van der Waals surface area contributed by atoms with Crippen molar-refractivity contribution >= 4 is 5.91 Å². The highest BCUT2D eigenvalue weighted by Crippen LogP contribution is 2.29. The second-order valence-corrected chi connectivity index (χ2v) is 4.86. The summed E-state index contributed by atoms with van der Waals surface area (Å²) in [5.74, 6) is -0.572. The van der Waals surface area contributed by atoms with Crippen LogP contribution in [-0.2, 0) is 12.8 Å². The third kappa shape index (κ3) is 2.26. The second-order valence-electron chi connectivity index (χ2n) is 4.86. The maximum absolute atomic E-state index is 11.2. The fourth-order valence-corrected chi connectivity index (χ4v) is 2.42. The third-order valence-electron chi connectivity index (χ3n) is 3.52. The first-order chi connectivity index (χ1) is 7.99. The number of likely N-dealkylation sites (N-methyl/N-ethyl adjacent to an activating group) is 1. The van der Waals surface area contributed by atoms with E-state index >= 15 is 0 Å². The van der Waals surface area contributed by atoms with Crippen molar-refractivity contribution in [3.63, 3.8) is 0 Å². The maximum atomic E-state index is 11.2. The monoisotopic (exact) mass is 234 g/mol. The standard InChI is InChI=1S/C13H18N2O2/c1-15(2)10-4-3-8-7-12(16)11(13(14)17)6-9(8)5-10/h6-7,10,16H,3-5H2,1-2H3,(H2,14,17). The van der Waals surface area contributed by atoms with Gasteiger partial charge in [-0.25, -0.2) is 0 Å². The second kappa shape index (κ2) is 4.37. The van der Waals surface area contributed by atoms with Gasteiger partial charge in [-0.1, -0.05) is 0 Å². The highest BCUT2D eigenvalue weighted by molar-refractivity contribution is 5.95. The van der Waals surface area contributed by atoms with E-state index in [1.807, 2.05) is 0 Å². The number of amides is 1. The summed E-state index contributed by atoms with van der Waals surface area (Å²) in [4.78, 5) is 13.4. The minimum absolute atomic E-state index is 0.000414. The number of rotatable bonds is 2. The van der Waals surface area contributed by atoms with E-state index in [0.29, 0.717) is 6.04 Å². The molecule has 0 saturated heterocycles. The summed E-state index contributed by atoms with van der Waals surface area (Å²) in [6.45, 7) is 0. The van der Waals surface area contributed by atoms with Crippen molar-refractivity contribution in [3.8, 4) is 5.75 Å². The van der Waals surface area contributed by atoms with Gasteiger partial charge in [0.2, 0.25) is 0 Å². The minimum atomic E-state index is -0.572. The Labute approximate surface area is 101 Å². The van der Waals surface area contributed by atoms with Crippen molar-refractivity contribution in [3.05, 3.63) is 28.8 Å². The number of nitrogens with two attached hydrogens (primary N) is 1. The Morgan fingerprint density at radius 3 is 2.71 bits per heavy atom. The van der Waals surface area contributed by atoms with Gasteiger partial charge in [0.05, 0.1) is 5.56 Å². The van der Waals surface area contributed by atoms with E-state index in [2.05, 4.69) is 19.0 Å². The number of aryl methyl sites for hydroxylation is 1. The van der Waals surface area contributed by atoms with Gasteiger partial charge in [0.25, 0.3) is 5.91 Å². The van der Waals surface area contributed by atoms with Gasteiger partial charge in [-0.3, -0.25) is 4.79 Å². The molecule has 0 heterocycles. The van der Waals surface area contributed by atoms with Gasteiger partial charge < -0.3 is 15.7 Å². The highest BCUT2D eigenvalue weighted by atomic mass is 16.3. The SMILES string of the molecule is CN(C)C1CCc2cc(O)c(C(N)=O)cc2C1. The zero-order chi connectivity index (χ0) is 12.6. The molecule has 4 nitrogen and oxygen atoms in total. The number of hydrogen-bond acceptors (Lipinski definition) is 3. The number of carbonyl (C=O) groups excluding carboxylic acids is 1. The normalized spacial score (nSPS) is 19.1. The van der Waals surface area contributed by atoms with Crippen LogP contribution in [0, 0.1) is 0 Å². The lowest BCUT2D eigenvalue weighted by Gasteiger charge is -2.30. The lowest BCUT2D eigenvalue weighted by molar-refractivity contribution is 0.0997. The molecule has 17 heavy (non-hydrogen) atoms. The number of nitrogens with zero attached hydrogens (tertiary/aromatic N) is 1. The van der Waals surface area contributed by atoms with Gasteiger partial charge in [-0.15, -0.1) is 0 Å². The molecule has 0 fully saturated rings. The summed E-state index contributed by atoms with van der Waals surface area (Å²) in [5.41, 5.74) is 7.71. The molecule has 0 radical (unpaired) electrons. The Hall–Kier alpha value is -1.55. The number of hydrogen-bond donors (Lipinski definition) is 2. The number of fused-ring (bicyclic) bond motifs is 1. The first-order valence-electron chi connectivity index (χ1n) is 5.80. The van der Waals surface area contributed by atoms with Gasteiger partial charge in [0.1, 0.15) is 5.75 Å². The zero-order valence-corrected chi connectivity index (χ0v) is 10.2. The molecule has 1 aromatic rings. The molecule has 0 aliphatic heterocycles. The minimum Gasteiger partial charge on any atom is -0.507 e. The Balaban J connectivity index is 2.37. The Kier molecular flexibility index (Phi) is 3.07. The molecular weight excluding hydrogens is 216 g/mol. The van der Waals surface area contributed by atoms with Crippen molar-refractivity contribution in [1.29, 1.82) is 0 Å². The summed E-state index contributed by atoms with van der Waals surface area (Å²) in [7, 11) is 4.12. The van der Waals surface area contributed by atoms with E-state index in [9.17, 15) is 9.90 Å². The zero-order valence-electron chi connectivity index (χ0n) is 10.2. The molecule has 1 atom stereocenters. The van der Waals surface area contributed by atoms with Crippen LogP contribution in [0.4, 0.5) is 0 Å². The van der Waals surface area contributed by atoms with Gasteiger partial charge in [0, 0.05) is 6.04 Å². The van der Waals surface area contributed by atoms with Crippen LogP contribution in [0.15, 0.2) is 12.1 Å². The predicted octanol–water partition coefficient (Wildman–Crippen LogP) is 0.910. The molecule has 0 bridgehead atoms. The van der Waals surface area contributed by atoms with Crippen molar-refractivity contribution in [2.45, 2.75) is 25.3 Å². The quantitative estimate of drug-likeness (QED) is 0.799. The molecule has 0 aromatic heterocycles. The lowest BCUT2D eigenvalue weighted by atomic mass is 9.86. The van der Waals surface area contributed by atoms with Gasteiger partial charge >= 0.3 is 0 Å². The van der Waals surface area contributed by atoms with Crippen molar-refractivity contribution < 1.29 is 9.90 Å². The summed E-state index contributed by atoms with van der Waals surface area (Å²) in [6.07, 6.45) is 2.92. The Morgan fingerprint density at radius 1 is 1.41 bits per heavy atom. The molecule has 1 aliphatic rings. The van der Waals surface area contributed by atoms with Crippen LogP contribution in [-0.4, -0.2) is 36.1 Å². The van der Waals surface area contributed by atoms with Crippen LogP contribution >= 0.6 is 0 Å². The largest absolute Gasteiger partial charge is 0.507 e. The number of phenols is 1. The van der Waals surface area contributed by atoms with E-state index < -0.39 is 5.91 Å². The van der Waals surface area contributed by atoms with Crippen LogP contribution < -0.4 is 5.73 Å². The fraction of sp³-hybridized carbons (Fsp3) is 0.462. The molecule has 92 valence electrons. The van der Waals surface area contributed by atoms with E-state index in [1.165, 1.54) is 0 Å². The number of carbonyl (C=O) groups is 1. The number of primary amides is 1. The topological polar surface area (TPSA) is 66.6 Å². The van der Waals surface area contributed by atoms with Crippen LogP contribution in [0.2, 0.25) is 0 Å². The summed E-state index contributed by atoms with van der Waals surface area (Å²) in [5, 5.41) is 9.70. The molecular formula is C13H18N2O2. The Bertz CT molecular complexity index is 455. The van der Waals surface area contributed by atoms with E-state index in [-0.39, 0.29) is 11.3 Å². The average Bonchev–Trinajstić information content (AvgIpc) is 2.27. The molecule has 1 amide bonds. The van der Waals surface area contributed by atoms with E-state index in [1.54, 1.807) is 12.1 Å². The molecule has 2 rings (SSSR count). The van der Waals surface area contributed by atoms with Crippen LogP contribution in [0.5, 0.6) is 5.75 Å². The van der Waals surface area contributed by atoms with Gasteiger partial charge in [-0.05, 0) is 56.6 Å². The Morgan fingerprint density at radius 2 is 2.12 bits per heavy atom. The molecule has 1 unspecified atom stereocenters. The molecule has 0 saturated carbocycles. The van der Waals surface area contributed by atoms with Crippen LogP contribution in [0.3, 0.4) is 0 Å². The van der Waals surface area contributed by atoms with Crippen molar-refractivity contribution in [1.82, 2.24) is 4.90 Å². The van der Waals surface area contributed by atoms with E-state index in [4.69, 9.17) is 5.73 Å². The maximum Gasteiger partial charge on any atom is 0.252 e. The lowest BCUT2D eigenvalue weighted by Crippen LogP contribution is -2.33. The van der Waals surface area contributed by atoms with Crippen LogP contribution in [0.25, 0.3) is 0 Å². The molecule has 4 heteroatoms. The first-order valence-corrected chi connectivity index (χ1v) is 5.80. The third-order valence-corrected chi connectivity index (χ3v) is 3.52. The summed E-state index contributed by atoms with van der Waals surface area (Å²) >= 11 is 0. The van der Waals surface area contributed by atoms with Crippen molar-refractivity contribution in [2.75, 3.05) is 14.1 Å². The predicted molar refractivity (Wildman–Crippen MR) is 66.1 cm³/mol. The van der Waals surface area contributed by atoms with Crippen LogP contribution in [0.1, 0.15) is 27.9 Å². The summed E-state index contributed by atoms with van der Waals surface area (Å²) < 4.78 is 0. The molecule has 1 aliphatic carbocycles. The molecule has 1 aromatic carbocycles. The van der Waals surface area contributed by atoms with Crippen molar-refractivity contribution in [2.24, 2.45) is 5.73 Å². The first kappa shape index (κ1) is 11.9. The van der Waals surface area contributed by atoms with Gasteiger partial charge in [-0.2, -0.15) is 0 Å². The number of aromatic hydroxyl groups is 1. The molecule has 0 spiro atoms. The summed E-state index contributed by atoms with van der Waals surface area (Å²) in [6, 6.07) is 3.91. The molecule has 3 N–H and O–H groups in total. The van der Waals surface area contributed by atoms with E-state index in [0.717, 1.165) is 30.4 Å². The average molecular weight is 234 g/mol. The number of benzene rings is 1. The highest BCUT2D eigenvalue weighted by Gasteiger charge is 2.22.